The van der Waals surface area contributed by atoms with Crippen molar-refractivity contribution in [1.82, 2.24) is 9.80 Å². The van der Waals surface area contributed by atoms with Crippen LogP contribution in [-0.4, -0.2) is 78.4 Å². The lowest BCUT2D eigenvalue weighted by atomic mass is 10.1. The van der Waals surface area contributed by atoms with Crippen LogP contribution in [0.25, 0.3) is 0 Å². The summed E-state index contributed by atoms with van der Waals surface area (Å²) in [6.45, 7) is 7.54. The van der Waals surface area contributed by atoms with E-state index >= 15 is 0 Å². The van der Waals surface area contributed by atoms with Gasteiger partial charge in [0.2, 0.25) is 0 Å². The summed E-state index contributed by atoms with van der Waals surface area (Å²) < 4.78 is 5.47. The van der Waals surface area contributed by atoms with E-state index in [-0.39, 0.29) is 11.9 Å². The van der Waals surface area contributed by atoms with Crippen LogP contribution in [0.15, 0.2) is 29.2 Å². The third kappa shape index (κ3) is 5.16. The quantitative estimate of drug-likeness (QED) is 0.733. The van der Waals surface area contributed by atoms with Crippen LogP contribution in [0.2, 0.25) is 0 Å². The summed E-state index contributed by atoms with van der Waals surface area (Å²) >= 11 is 3.74. The van der Waals surface area contributed by atoms with Gasteiger partial charge in [-0.3, -0.25) is 9.69 Å². The third-order valence-corrected chi connectivity index (χ3v) is 6.84. The lowest BCUT2D eigenvalue weighted by molar-refractivity contribution is 0.0244. The van der Waals surface area contributed by atoms with Crippen LogP contribution in [0.5, 0.6) is 0 Å². The van der Waals surface area contributed by atoms with Crippen LogP contribution in [0.4, 0.5) is 0 Å². The number of hydrogen-bond donors (Lipinski definition) is 0. The lowest BCUT2D eigenvalue weighted by Gasteiger charge is -2.36. The van der Waals surface area contributed by atoms with Gasteiger partial charge in [-0.15, -0.1) is 11.8 Å². The molecule has 0 bridgehead atoms. The average Bonchev–Trinajstić information content (AvgIpc) is 2.88. The van der Waals surface area contributed by atoms with E-state index in [2.05, 4.69) is 22.8 Å². The van der Waals surface area contributed by atoms with Gasteiger partial charge in [0.05, 0.1) is 24.8 Å². The zero-order chi connectivity index (χ0) is 17.5. The average molecular weight is 381 g/mol. The first-order valence-corrected chi connectivity index (χ1v) is 11.3. The Bertz CT molecular complexity index is 564. The van der Waals surface area contributed by atoms with Gasteiger partial charge in [-0.1, -0.05) is 19.1 Å². The number of ether oxygens (including phenoxy) is 1. The molecular formula is C19H28N2O2S2. The Morgan fingerprint density at radius 2 is 2.08 bits per heavy atom. The highest BCUT2D eigenvalue weighted by Gasteiger charge is 2.29. The van der Waals surface area contributed by atoms with Crippen LogP contribution in [-0.2, 0) is 4.74 Å². The van der Waals surface area contributed by atoms with Gasteiger partial charge in [0.15, 0.2) is 0 Å². The molecular weight excluding hydrogens is 352 g/mol. The number of thioether (sulfide) groups is 2. The zero-order valence-corrected chi connectivity index (χ0v) is 16.6. The number of nitrogens with zero attached hydrogens (tertiary/aromatic N) is 2. The number of rotatable bonds is 5. The van der Waals surface area contributed by atoms with Gasteiger partial charge in [-0.2, -0.15) is 11.8 Å². The van der Waals surface area contributed by atoms with Crippen LogP contribution < -0.4 is 0 Å². The largest absolute Gasteiger partial charge is 0.379 e. The first-order chi connectivity index (χ1) is 12.3. The molecule has 0 aliphatic carbocycles. The molecule has 2 saturated heterocycles. The lowest BCUT2D eigenvalue weighted by Crippen LogP contribution is -2.50. The molecule has 2 aliphatic rings. The molecule has 25 heavy (non-hydrogen) atoms. The second-order valence-corrected chi connectivity index (χ2v) is 8.88. The normalized spacial score (nSPS) is 22.6. The van der Waals surface area contributed by atoms with Crippen molar-refractivity contribution >= 4 is 29.4 Å². The molecule has 1 atom stereocenters. The molecule has 1 aromatic carbocycles. The zero-order valence-electron chi connectivity index (χ0n) is 15.0. The SMILES string of the molecule is CCSc1ccccc1C(=O)N1CCCSCC1CN1CCOCC1. The number of carbonyl (C=O) groups excluding carboxylic acids is 1. The molecule has 0 aromatic heterocycles. The summed E-state index contributed by atoms with van der Waals surface area (Å²) in [4.78, 5) is 19.1. The second kappa shape index (κ2) is 9.86. The summed E-state index contributed by atoms with van der Waals surface area (Å²) in [5, 5.41) is 0. The Morgan fingerprint density at radius 3 is 2.88 bits per heavy atom. The fourth-order valence-corrected chi connectivity index (χ4v) is 5.26. The van der Waals surface area contributed by atoms with Crippen molar-refractivity contribution in [2.24, 2.45) is 0 Å². The summed E-state index contributed by atoms with van der Waals surface area (Å²) in [5.74, 6) is 3.37. The summed E-state index contributed by atoms with van der Waals surface area (Å²) in [7, 11) is 0. The molecule has 0 radical (unpaired) electrons. The van der Waals surface area contributed by atoms with Crippen LogP contribution in [0.3, 0.4) is 0 Å². The fourth-order valence-electron chi connectivity index (χ4n) is 3.41. The van der Waals surface area contributed by atoms with Crippen molar-refractivity contribution in [2.45, 2.75) is 24.3 Å². The highest BCUT2D eigenvalue weighted by molar-refractivity contribution is 7.99. The summed E-state index contributed by atoms with van der Waals surface area (Å²) in [6, 6.07) is 8.36. The minimum Gasteiger partial charge on any atom is -0.379 e. The Labute approximate surface area is 159 Å². The molecule has 138 valence electrons. The highest BCUT2D eigenvalue weighted by Crippen LogP contribution is 2.26. The fraction of sp³-hybridized carbons (Fsp3) is 0.632. The smallest absolute Gasteiger partial charge is 0.255 e. The molecule has 3 rings (SSSR count). The molecule has 0 saturated carbocycles. The van der Waals surface area contributed by atoms with Crippen molar-refractivity contribution < 1.29 is 9.53 Å². The summed E-state index contributed by atoms with van der Waals surface area (Å²) in [6.07, 6.45) is 1.08. The Kier molecular flexibility index (Phi) is 7.52. The maximum absolute atomic E-state index is 13.4. The van der Waals surface area contributed by atoms with Crippen molar-refractivity contribution in [1.29, 1.82) is 0 Å². The van der Waals surface area contributed by atoms with Crippen LogP contribution in [0, 0.1) is 0 Å². The van der Waals surface area contributed by atoms with Crippen molar-refractivity contribution in [3.8, 4) is 0 Å². The van der Waals surface area contributed by atoms with E-state index in [4.69, 9.17) is 4.74 Å². The number of morpholine rings is 1. The van der Waals surface area contributed by atoms with Gasteiger partial charge in [-0.25, -0.2) is 0 Å². The van der Waals surface area contributed by atoms with E-state index in [1.54, 1.807) is 11.8 Å². The monoisotopic (exact) mass is 380 g/mol. The molecule has 1 unspecified atom stereocenters. The highest BCUT2D eigenvalue weighted by atomic mass is 32.2. The minimum atomic E-state index is 0.206. The van der Waals surface area contributed by atoms with Gasteiger partial charge < -0.3 is 9.64 Å². The van der Waals surface area contributed by atoms with E-state index in [1.165, 1.54) is 0 Å². The van der Waals surface area contributed by atoms with Gasteiger partial charge >= 0.3 is 0 Å². The van der Waals surface area contributed by atoms with E-state index in [1.807, 2.05) is 30.0 Å². The molecule has 2 heterocycles. The van der Waals surface area contributed by atoms with Crippen molar-refractivity contribution in [3.63, 3.8) is 0 Å². The topological polar surface area (TPSA) is 32.8 Å². The Hall–Kier alpha value is -0.690. The number of amides is 1. The maximum atomic E-state index is 13.4. The van der Waals surface area contributed by atoms with Crippen molar-refractivity contribution in [3.05, 3.63) is 29.8 Å². The Morgan fingerprint density at radius 1 is 1.28 bits per heavy atom. The first kappa shape index (κ1) is 19.1. The van der Waals surface area contributed by atoms with E-state index in [9.17, 15) is 4.79 Å². The molecule has 6 heteroatoms. The predicted octanol–water partition coefficient (Wildman–Crippen LogP) is 3.08. The predicted molar refractivity (Wildman–Crippen MR) is 107 cm³/mol. The maximum Gasteiger partial charge on any atom is 0.255 e. The second-order valence-electron chi connectivity index (χ2n) is 6.42. The molecule has 1 amide bonds. The van der Waals surface area contributed by atoms with Gasteiger partial charge in [0.1, 0.15) is 0 Å². The molecule has 2 fully saturated rings. The van der Waals surface area contributed by atoms with Gasteiger partial charge in [0.25, 0.3) is 5.91 Å². The first-order valence-electron chi connectivity index (χ1n) is 9.20. The van der Waals surface area contributed by atoms with Crippen molar-refractivity contribution in [2.75, 3.05) is 56.7 Å². The molecule has 0 N–H and O–H groups in total. The van der Waals surface area contributed by atoms with Crippen LogP contribution in [0.1, 0.15) is 23.7 Å². The number of benzene rings is 1. The Balaban J connectivity index is 1.77. The minimum absolute atomic E-state index is 0.206. The molecule has 0 spiro atoms. The number of hydrogen-bond acceptors (Lipinski definition) is 5. The van der Waals surface area contributed by atoms with Crippen LogP contribution >= 0.6 is 23.5 Å². The van der Waals surface area contributed by atoms with E-state index in [0.717, 1.165) is 73.5 Å². The van der Waals surface area contributed by atoms with E-state index < -0.39 is 0 Å². The summed E-state index contributed by atoms with van der Waals surface area (Å²) in [5.41, 5.74) is 0.869. The molecule has 1 aromatic rings. The standard InChI is InChI=1S/C19H28N2O2S2/c1-2-25-18-7-4-3-6-17(18)19(22)21-8-5-13-24-15-16(21)14-20-9-11-23-12-10-20/h3-4,6-7,16H,2,5,8-15H2,1H3. The van der Waals surface area contributed by atoms with E-state index in [0.29, 0.717) is 0 Å². The number of carbonyl (C=O) groups is 1. The van der Waals surface area contributed by atoms with Gasteiger partial charge in [-0.05, 0) is 30.1 Å². The van der Waals surface area contributed by atoms with Gasteiger partial charge in [0, 0.05) is 36.8 Å². The molecule has 2 aliphatic heterocycles. The third-order valence-electron chi connectivity index (χ3n) is 4.69. The molecule has 4 nitrogen and oxygen atoms in total.